The number of rotatable bonds is 3. The Balaban J connectivity index is 2.44. The Morgan fingerprint density at radius 2 is 2.07 bits per heavy atom. The van der Waals surface area contributed by atoms with Gasteiger partial charge in [-0.2, -0.15) is 0 Å². The number of benzene rings is 1. The summed E-state index contributed by atoms with van der Waals surface area (Å²) in [7, 11) is 0. The molecule has 0 bridgehead atoms. The van der Waals surface area contributed by atoms with Crippen LogP contribution < -0.4 is 5.32 Å². The lowest BCUT2D eigenvalue weighted by Crippen LogP contribution is -2.14. The molecule has 15 heavy (non-hydrogen) atoms. The van der Waals surface area contributed by atoms with Crippen LogP contribution in [0.5, 0.6) is 0 Å². The van der Waals surface area contributed by atoms with Gasteiger partial charge in [-0.05, 0) is 36.8 Å². The van der Waals surface area contributed by atoms with E-state index in [1.807, 2.05) is 0 Å². The van der Waals surface area contributed by atoms with Crippen LogP contribution >= 0.6 is 11.6 Å². The lowest BCUT2D eigenvalue weighted by Gasteiger charge is -2.06. The Bertz CT molecular complexity index is 359. The zero-order valence-corrected chi connectivity index (χ0v) is 9.17. The van der Waals surface area contributed by atoms with E-state index in [4.69, 9.17) is 16.3 Å². The lowest BCUT2D eigenvalue weighted by molar-refractivity contribution is 0.171. The first-order valence-electron chi connectivity index (χ1n) is 4.41. The van der Waals surface area contributed by atoms with Crippen molar-refractivity contribution in [2.24, 2.45) is 0 Å². The molecule has 0 heterocycles. The van der Waals surface area contributed by atoms with E-state index in [-0.39, 0.29) is 6.61 Å². The van der Waals surface area contributed by atoms with Crippen molar-refractivity contribution in [3.63, 3.8) is 0 Å². The van der Waals surface area contributed by atoms with Gasteiger partial charge in [-0.15, -0.1) is 0 Å². The van der Waals surface area contributed by atoms with Crippen molar-refractivity contribution < 1.29 is 9.53 Å². The molecule has 1 amide bonds. The van der Waals surface area contributed by atoms with Gasteiger partial charge >= 0.3 is 6.09 Å². The van der Waals surface area contributed by atoms with Crippen LogP contribution in [0.15, 0.2) is 36.4 Å². The average molecular weight is 226 g/mol. The Morgan fingerprint density at radius 3 is 2.60 bits per heavy atom. The van der Waals surface area contributed by atoms with Crippen LogP contribution in [0.2, 0.25) is 5.02 Å². The molecule has 0 spiro atoms. The van der Waals surface area contributed by atoms with Crippen LogP contribution in [-0.2, 0) is 4.74 Å². The molecule has 0 atom stereocenters. The molecule has 0 unspecified atom stereocenters. The molecule has 1 aromatic carbocycles. The predicted octanol–water partition coefficient (Wildman–Crippen LogP) is 3.46. The fourth-order valence-electron chi connectivity index (χ4n) is 0.876. The smallest absolute Gasteiger partial charge is 0.411 e. The number of hydrogen-bond acceptors (Lipinski definition) is 2. The topological polar surface area (TPSA) is 38.3 Å². The monoisotopic (exact) mass is 225 g/mol. The third-order valence-corrected chi connectivity index (χ3v) is 1.79. The zero-order valence-electron chi connectivity index (χ0n) is 8.42. The van der Waals surface area contributed by atoms with Crippen molar-refractivity contribution in [3.05, 3.63) is 41.4 Å². The Hall–Kier alpha value is -1.48. The summed E-state index contributed by atoms with van der Waals surface area (Å²) < 4.78 is 4.86. The van der Waals surface area contributed by atoms with E-state index in [2.05, 4.69) is 11.9 Å². The molecular formula is C11H12ClNO2. The van der Waals surface area contributed by atoms with E-state index in [1.54, 1.807) is 31.2 Å². The van der Waals surface area contributed by atoms with Crippen LogP contribution in [0, 0.1) is 0 Å². The van der Waals surface area contributed by atoms with Crippen molar-refractivity contribution in [1.82, 2.24) is 0 Å². The maximum Gasteiger partial charge on any atom is 0.411 e. The molecular weight excluding hydrogens is 214 g/mol. The van der Waals surface area contributed by atoms with Crippen LogP contribution in [0.1, 0.15) is 6.92 Å². The van der Waals surface area contributed by atoms with E-state index in [0.29, 0.717) is 10.7 Å². The summed E-state index contributed by atoms with van der Waals surface area (Å²) in [6.07, 6.45) is -0.500. The Labute approximate surface area is 93.7 Å². The highest BCUT2D eigenvalue weighted by Gasteiger charge is 2.02. The van der Waals surface area contributed by atoms with Gasteiger partial charge in [0.15, 0.2) is 0 Å². The summed E-state index contributed by atoms with van der Waals surface area (Å²) in [6.45, 7) is 5.63. The molecule has 0 aliphatic rings. The van der Waals surface area contributed by atoms with Crippen molar-refractivity contribution in [2.45, 2.75) is 6.92 Å². The molecule has 80 valence electrons. The van der Waals surface area contributed by atoms with Crippen molar-refractivity contribution in [2.75, 3.05) is 11.9 Å². The molecule has 0 saturated heterocycles. The number of carbonyl (C=O) groups is 1. The van der Waals surface area contributed by atoms with Gasteiger partial charge in [-0.1, -0.05) is 18.2 Å². The number of hydrogen-bond donors (Lipinski definition) is 1. The quantitative estimate of drug-likeness (QED) is 0.800. The lowest BCUT2D eigenvalue weighted by atomic mass is 10.3. The van der Waals surface area contributed by atoms with Crippen LogP contribution in [-0.4, -0.2) is 12.7 Å². The van der Waals surface area contributed by atoms with Crippen molar-refractivity contribution >= 4 is 23.4 Å². The largest absolute Gasteiger partial charge is 0.445 e. The number of anilines is 1. The fourth-order valence-corrected chi connectivity index (χ4v) is 1.00. The maximum absolute atomic E-state index is 11.2. The molecule has 0 fully saturated rings. The Kier molecular flexibility index (Phi) is 4.18. The van der Waals surface area contributed by atoms with Crippen LogP contribution in [0.3, 0.4) is 0 Å². The average Bonchev–Trinajstić information content (AvgIpc) is 2.19. The molecule has 1 aromatic rings. The summed E-state index contributed by atoms with van der Waals surface area (Å²) >= 11 is 5.70. The van der Waals surface area contributed by atoms with Crippen molar-refractivity contribution in [1.29, 1.82) is 0 Å². The zero-order chi connectivity index (χ0) is 11.3. The van der Waals surface area contributed by atoms with Gasteiger partial charge in [-0.3, -0.25) is 5.32 Å². The summed E-state index contributed by atoms with van der Waals surface area (Å²) in [6, 6.07) is 6.78. The van der Waals surface area contributed by atoms with Gasteiger partial charge in [-0.25, -0.2) is 4.79 Å². The summed E-state index contributed by atoms with van der Waals surface area (Å²) in [5.41, 5.74) is 1.44. The van der Waals surface area contributed by atoms with E-state index in [1.165, 1.54) is 0 Å². The molecule has 0 saturated carbocycles. The molecule has 3 nitrogen and oxygen atoms in total. The van der Waals surface area contributed by atoms with Gasteiger partial charge in [0.1, 0.15) is 6.61 Å². The molecule has 4 heteroatoms. The number of carbonyl (C=O) groups excluding carboxylic acids is 1. The molecule has 0 aliphatic carbocycles. The molecule has 1 rings (SSSR count). The highest BCUT2D eigenvalue weighted by Crippen LogP contribution is 2.13. The highest BCUT2D eigenvalue weighted by atomic mass is 35.5. The first-order valence-corrected chi connectivity index (χ1v) is 4.79. The van der Waals surface area contributed by atoms with Gasteiger partial charge in [0.2, 0.25) is 0 Å². The van der Waals surface area contributed by atoms with E-state index < -0.39 is 6.09 Å². The van der Waals surface area contributed by atoms with Crippen LogP contribution in [0.4, 0.5) is 10.5 Å². The first-order chi connectivity index (χ1) is 7.08. The second kappa shape index (κ2) is 5.41. The normalized spacial score (nSPS) is 9.47. The van der Waals surface area contributed by atoms with Gasteiger partial charge in [0, 0.05) is 10.7 Å². The predicted molar refractivity (Wildman–Crippen MR) is 61.2 cm³/mol. The minimum atomic E-state index is -0.500. The third-order valence-electron chi connectivity index (χ3n) is 1.54. The summed E-state index contributed by atoms with van der Waals surface area (Å²) in [5.74, 6) is 0. The van der Waals surface area contributed by atoms with Gasteiger partial charge in [0.25, 0.3) is 0 Å². The first kappa shape index (κ1) is 11.6. The minimum absolute atomic E-state index is 0.222. The number of nitrogens with one attached hydrogen (secondary N) is 1. The number of ether oxygens (including phenoxy) is 1. The fraction of sp³-hybridized carbons (Fsp3) is 0.182. The molecule has 0 aliphatic heterocycles. The third kappa shape index (κ3) is 4.51. The second-order valence-corrected chi connectivity index (χ2v) is 3.60. The molecule has 1 N–H and O–H groups in total. The van der Waals surface area contributed by atoms with Gasteiger partial charge < -0.3 is 4.74 Å². The van der Waals surface area contributed by atoms with E-state index in [9.17, 15) is 4.79 Å². The van der Waals surface area contributed by atoms with E-state index in [0.717, 1.165) is 5.57 Å². The number of amides is 1. The molecule has 0 aromatic heterocycles. The number of halogens is 1. The van der Waals surface area contributed by atoms with Crippen molar-refractivity contribution in [3.8, 4) is 0 Å². The summed E-state index contributed by atoms with van der Waals surface area (Å²) in [5, 5.41) is 3.18. The van der Waals surface area contributed by atoms with Crippen LogP contribution in [0.25, 0.3) is 0 Å². The minimum Gasteiger partial charge on any atom is -0.445 e. The van der Waals surface area contributed by atoms with Gasteiger partial charge in [0.05, 0.1) is 0 Å². The maximum atomic E-state index is 11.2. The SMILES string of the molecule is C=C(C)COC(=O)Nc1ccc(Cl)cc1. The standard InChI is InChI=1S/C11H12ClNO2/c1-8(2)7-15-11(14)13-10-5-3-9(12)4-6-10/h3-6H,1,7H2,2H3,(H,13,14). The van der Waals surface area contributed by atoms with E-state index >= 15 is 0 Å². The second-order valence-electron chi connectivity index (χ2n) is 3.17. The Morgan fingerprint density at radius 1 is 1.47 bits per heavy atom. The summed E-state index contributed by atoms with van der Waals surface area (Å²) in [4.78, 5) is 11.2. The molecule has 0 radical (unpaired) electrons. The highest BCUT2D eigenvalue weighted by molar-refractivity contribution is 6.30.